The van der Waals surface area contributed by atoms with E-state index in [9.17, 15) is 8.42 Å². The third-order valence-corrected chi connectivity index (χ3v) is 5.67. The molecule has 0 radical (unpaired) electrons. The van der Waals surface area contributed by atoms with Gasteiger partial charge < -0.3 is 0 Å². The molecule has 0 unspecified atom stereocenters. The van der Waals surface area contributed by atoms with Gasteiger partial charge in [-0.1, -0.05) is 0 Å². The highest BCUT2D eigenvalue weighted by molar-refractivity contribution is 7.89. The van der Waals surface area contributed by atoms with Gasteiger partial charge >= 0.3 is 0 Å². The van der Waals surface area contributed by atoms with Gasteiger partial charge in [-0.25, -0.2) is 8.42 Å². The summed E-state index contributed by atoms with van der Waals surface area (Å²) in [5.41, 5.74) is 1.21. The van der Waals surface area contributed by atoms with Gasteiger partial charge in [-0.15, -0.1) is 0 Å². The number of nitriles is 1. The van der Waals surface area contributed by atoms with Gasteiger partial charge in [0.05, 0.1) is 16.5 Å². The lowest BCUT2D eigenvalue weighted by Gasteiger charge is -2.26. The van der Waals surface area contributed by atoms with E-state index in [1.807, 2.05) is 13.8 Å². The summed E-state index contributed by atoms with van der Waals surface area (Å²) in [6, 6.07) is 6.71. The fourth-order valence-corrected chi connectivity index (χ4v) is 4.00. The number of hydrogen-bond donors (Lipinski definition) is 0. The summed E-state index contributed by atoms with van der Waals surface area (Å²) in [7, 11) is -3.48. The highest BCUT2D eigenvalue weighted by Gasteiger charge is 2.33. The summed E-state index contributed by atoms with van der Waals surface area (Å²) < 4.78 is 27.0. The van der Waals surface area contributed by atoms with Crippen LogP contribution in [0.25, 0.3) is 0 Å². The third-order valence-electron chi connectivity index (χ3n) is 3.64. The monoisotopic (exact) mass is 292 g/mol. The van der Waals surface area contributed by atoms with Crippen molar-refractivity contribution in [3.05, 3.63) is 29.3 Å². The fraction of sp³-hybridized carbons (Fsp3) is 0.533. The first-order valence-electron chi connectivity index (χ1n) is 6.89. The van der Waals surface area contributed by atoms with Crippen LogP contribution in [0.1, 0.15) is 37.8 Å². The highest BCUT2D eigenvalue weighted by atomic mass is 32.2. The van der Waals surface area contributed by atoms with Gasteiger partial charge in [0.2, 0.25) is 10.0 Å². The zero-order valence-corrected chi connectivity index (χ0v) is 12.9. The van der Waals surface area contributed by atoms with E-state index in [0.717, 1.165) is 12.8 Å². The second kappa shape index (κ2) is 5.55. The SMILES string of the molecule is Cc1cc(S(=O)(=O)N(CC2CC2)C(C)C)ccc1C#N. The van der Waals surface area contributed by atoms with Crippen molar-refractivity contribution in [3.63, 3.8) is 0 Å². The van der Waals surface area contributed by atoms with Crippen molar-refractivity contribution in [2.75, 3.05) is 6.54 Å². The molecule has 0 aromatic heterocycles. The summed E-state index contributed by atoms with van der Waals surface area (Å²) in [6.45, 7) is 6.16. The number of nitrogens with zero attached hydrogens (tertiary/aromatic N) is 2. The van der Waals surface area contributed by atoms with Crippen LogP contribution < -0.4 is 0 Å². The second-order valence-corrected chi connectivity index (χ2v) is 7.59. The minimum atomic E-state index is -3.48. The van der Waals surface area contributed by atoms with E-state index >= 15 is 0 Å². The van der Waals surface area contributed by atoms with E-state index in [-0.39, 0.29) is 10.9 Å². The van der Waals surface area contributed by atoms with Gasteiger partial charge in [-0.3, -0.25) is 0 Å². The molecule has 0 amide bonds. The molecule has 0 aliphatic heterocycles. The lowest BCUT2D eigenvalue weighted by molar-refractivity contribution is 0.341. The fourth-order valence-electron chi connectivity index (χ4n) is 2.20. The quantitative estimate of drug-likeness (QED) is 0.838. The van der Waals surface area contributed by atoms with Crippen LogP contribution >= 0.6 is 0 Å². The van der Waals surface area contributed by atoms with Gasteiger partial charge in [-0.2, -0.15) is 9.57 Å². The van der Waals surface area contributed by atoms with E-state index in [4.69, 9.17) is 5.26 Å². The van der Waals surface area contributed by atoms with Gasteiger partial charge in [0.1, 0.15) is 0 Å². The largest absolute Gasteiger partial charge is 0.243 e. The Hall–Kier alpha value is -1.38. The molecule has 5 heteroatoms. The maximum atomic E-state index is 12.7. The van der Waals surface area contributed by atoms with Crippen LogP contribution in [-0.2, 0) is 10.0 Å². The molecular weight excluding hydrogens is 272 g/mol. The van der Waals surface area contributed by atoms with Crippen LogP contribution in [0.15, 0.2) is 23.1 Å². The van der Waals surface area contributed by atoms with Gasteiger partial charge in [0, 0.05) is 12.6 Å². The van der Waals surface area contributed by atoms with Gasteiger partial charge in [0.15, 0.2) is 0 Å². The minimum absolute atomic E-state index is 0.0588. The second-order valence-electron chi connectivity index (χ2n) is 5.70. The molecule has 0 spiro atoms. The van der Waals surface area contributed by atoms with E-state index in [0.29, 0.717) is 23.6 Å². The molecule has 2 rings (SSSR count). The van der Waals surface area contributed by atoms with Crippen molar-refractivity contribution in [2.24, 2.45) is 5.92 Å². The Bertz CT molecular complexity index is 640. The first kappa shape index (κ1) is 15.0. The Labute approximate surface area is 121 Å². The van der Waals surface area contributed by atoms with Crippen molar-refractivity contribution in [3.8, 4) is 6.07 Å². The van der Waals surface area contributed by atoms with Crippen molar-refractivity contribution < 1.29 is 8.42 Å². The van der Waals surface area contributed by atoms with Crippen LogP contribution in [-0.4, -0.2) is 25.3 Å². The number of hydrogen-bond acceptors (Lipinski definition) is 3. The molecule has 1 aromatic rings. The van der Waals surface area contributed by atoms with Gasteiger partial charge in [-0.05, 0) is 63.3 Å². The average Bonchev–Trinajstić information content (AvgIpc) is 3.19. The molecule has 1 fully saturated rings. The lowest BCUT2D eigenvalue weighted by atomic mass is 10.1. The summed E-state index contributed by atoms with van der Waals surface area (Å²) in [4.78, 5) is 0.281. The predicted octanol–water partition coefficient (Wildman–Crippen LogP) is 2.68. The molecular formula is C15H20N2O2S. The van der Waals surface area contributed by atoms with E-state index in [1.165, 1.54) is 6.07 Å². The number of aryl methyl sites for hydroxylation is 1. The summed E-state index contributed by atoms with van der Waals surface area (Å²) in [5, 5.41) is 8.93. The standard InChI is InChI=1S/C15H20N2O2S/c1-11(2)17(10-13-4-5-13)20(18,19)15-7-6-14(9-16)12(3)8-15/h6-8,11,13H,4-5,10H2,1-3H3. The predicted molar refractivity (Wildman–Crippen MR) is 77.6 cm³/mol. The molecule has 108 valence electrons. The summed E-state index contributed by atoms with van der Waals surface area (Å²) in [5.74, 6) is 0.506. The number of sulfonamides is 1. The topological polar surface area (TPSA) is 61.2 Å². The van der Waals surface area contributed by atoms with Crippen LogP contribution in [0.5, 0.6) is 0 Å². The Morgan fingerprint density at radius 1 is 1.40 bits per heavy atom. The van der Waals surface area contributed by atoms with E-state index in [2.05, 4.69) is 6.07 Å². The van der Waals surface area contributed by atoms with E-state index in [1.54, 1.807) is 23.4 Å². The molecule has 1 aliphatic rings. The number of benzene rings is 1. The first-order valence-corrected chi connectivity index (χ1v) is 8.33. The van der Waals surface area contributed by atoms with Gasteiger partial charge in [0.25, 0.3) is 0 Å². The normalized spacial score (nSPS) is 15.6. The molecule has 1 aliphatic carbocycles. The Morgan fingerprint density at radius 2 is 2.05 bits per heavy atom. The maximum Gasteiger partial charge on any atom is 0.243 e. The van der Waals surface area contributed by atoms with Crippen molar-refractivity contribution in [1.29, 1.82) is 5.26 Å². The zero-order valence-electron chi connectivity index (χ0n) is 12.1. The lowest BCUT2D eigenvalue weighted by Crippen LogP contribution is -2.38. The molecule has 0 bridgehead atoms. The summed E-state index contributed by atoms with van der Waals surface area (Å²) in [6.07, 6.45) is 2.23. The molecule has 0 atom stereocenters. The minimum Gasteiger partial charge on any atom is -0.207 e. The average molecular weight is 292 g/mol. The Morgan fingerprint density at radius 3 is 2.50 bits per heavy atom. The first-order chi connectivity index (χ1) is 9.36. The van der Waals surface area contributed by atoms with Crippen molar-refractivity contribution in [2.45, 2.75) is 44.6 Å². The smallest absolute Gasteiger partial charge is 0.207 e. The van der Waals surface area contributed by atoms with Crippen LogP contribution in [0.3, 0.4) is 0 Å². The zero-order chi connectivity index (χ0) is 14.9. The Kier molecular flexibility index (Phi) is 4.17. The molecule has 1 saturated carbocycles. The van der Waals surface area contributed by atoms with E-state index < -0.39 is 10.0 Å². The molecule has 0 N–H and O–H groups in total. The highest BCUT2D eigenvalue weighted by Crippen LogP contribution is 2.32. The molecule has 1 aromatic carbocycles. The summed E-state index contributed by atoms with van der Waals surface area (Å²) >= 11 is 0. The van der Waals surface area contributed by atoms with Crippen LogP contribution in [0.4, 0.5) is 0 Å². The molecule has 0 heterocycles. The maximum absolute atomic E-state index is 12.7. The molecule has 0 saturated heterocycles. The van der Waals surface area contributed by atoms with Crippen LogP contribution in [0, 0.1) is 24.2 Å². The number of rotatable bonds is 5. The third kappa shape index (κ3) is 3.02. The van der Waals surface area contributed by atoms with Crippen LogP contribution in [0.2, 0.25) is 0 Å². The molecule has 4 nitrogen and oxygen atoms in total. The molecule has 20 heavy (non-hydrogen) atoms. The Balaban J connectivity index is 2.36. The van der Waals surface area contributed by atoms with Crippen molar-refractivity contribution >= 4 is 10.0 Å². The van der Waals surface area contributed by atoms with Crippen molar-refractivity contribution in [1.82, 2.24) is 4.31 Å².